The molecule has 0 spiro atoms. The number of rotatable bonds is 12. The third-order valence-corrected chi connectivity index (χ3v) is 8.24. The number of alkyl halides is 1. The highest BCUT2D eigenvalue weighted by atomic mass is 35.5. The van der Waals surface area contributed by atoms with Gasteiger partial charge in [-0.05, 0) is 69.7 Å². The summed E-state index contributed by atoms with van der Waals surface area (Å²) in [6, 6.07) is 6.99. The van der Waals surface area contributed by atoms with E-state index in [4.69, 9.17) is 16.3 Å². The molecule has 3 rings (SSSR count). The van der Waals surface area contributed by atoms with E-state index in [1.54, 1.807) is 12.0 Å². The zero-order valence-corrected chi connectivity index (χ0v) is 22.8. The molecule has 0 bridgehead atoms. The monoisotopic (exact) mass is 525 g/mol. The van der Waals surface area contributed by atoms with E-state index in [2.05, 4.69) is 10.6 Å². The molecule has 1 aliphatic heterocycles. The van der Waals surface area contributed by atoms with Crippen LogP contribution in [0.5, 0.6) is 0 Å². The zero-order valence-electron chi connectivity index (χ0n) is 22.0. The van der Waals surface area contributed by atoms with Crippen LogP contribution in [-0.4, -0.2) is 68.1 Å². The molecule has 1 aliphatic carbocycles. The average molecular weight is 526 g/mol. The van der Waals surface area contributed by atoms with Gasteiger partial charge in [-0.15, -0.1) is 0 Å². The minimum Gasteiger partial charge on any atom is -0.385 e. The molecule has 2 fully saturated rings. The second kappa shape index (κ2) is 13.9. The van der Waals surface area contributed by atoms with Gasteiger partial charge in [0, 0.05) is 56.8 Å². The predicted octanol–water partition coefficient (Wildman–Crippen LogP) is 5.42. The first-order valence-electron chi connectivity index (χ1n) is 13.7. The first-order valence-corrected chi connectivity index (χ1v) is 14.0. The maximum absolute atomic E-state index is 15.4. The van der Waals surface area contributed by atoms with Crippen LogP contribution in [0, 0.1) is 5.92 Å². The summed E-state index contributed by atoms with van der Waals surface area (Å²) in [7, 11) is 3.51. The molecule has 3 unspecified atom stereocenters. The van der Waals surface area contributed by atoms with Gasteiger partial charge < -0.3 is 25.4 Å². The van der Waals surface area contributed by atoms with Crippen molar-refractivity contribution in [2.45, 2.75) is 87.9 Å². The second-order valence-electron chi connectivity index (χ2n) is 10.8. The van der Waals surface area contributed by atoms with Crippen LogP contribution in [-0.2, 0) is 10.3 Å². The van der Waals surface area contributed by atoms with Gasteiger partial charge in [0.05, 0.1) is 5.60 Å². The molecule has 3 N–H and O–H groups in total. The van der Waals surface area contributed by atoms with Gasteiger partial charge in [0.15, 0.2) is 0 Å². The van der Waals surface area contributed by atoms with Crippen molar-refractivity contribution < 1.29 is 19.0 Å². The van der Waals surface area contributed by atoms with E-state index in [0.717, 1.165) is 50.5 Å². The summed E-state index contributed by atoms with van der Waals surface area (Å²) in [6.45, 7) is 2.26. The second-order valence-corrected chi connectivity index (χ2v) is 11.2. The zero-order chi connectivity index (χ0) is 26.0. The third-order valence-electron chi connectivity index (χ3n) is 8.00. The lowest BCUT2D eigenvalue weighted by atomic mass is 9.74. The number of urea groups is 1. The Hall–Kier alpha value is -1.41. The Labute approximate surface area is 221 Å². The van der Waals surface area contributed by atoms with Gasteiger partial charge >= 0.3 is 6.03 Å². The molecule has 1 aromatic rings. The molecule has 0 radical (unpaired) electrons. The molecule has 1 heterocycles. The maximum Gasteiger partial charge on any atom is 0.317 e. The number of piperidine rings is 1. The first kappa shape index (κ1) is 29.2. The fourth-order valence-corrected chi connectivity index (χ4v) is 6.24. The number of carbonyl (C=O) groups is 1. The maximum atomic E-state index is 15.4. The van der Waals surface area contributed by atoms with Gasteiger partial charge in [0.1, 0.15) is 5.67 Å². The van der Waals surface area contributed by atoms with Gasteiger partial charge in [-0.25, -0.2) is 9.18 Å². The van der Waals surface area contributed by atoms with E-state index < -0.39 is 11.3 Å². The number of ether oxygens (including phenoxy) is 1. The topological polar surface area (TPSA) is 73.8 Å². The smallest absolute Gasteiger partial charge is 0.317 e. The fraction of sp³-hybridized carbons (Fsp3) is 0.750. The molecule has 1 saturated carbocycles. The Balaban J connectivity index is 1.70. The largest absolute Gasteiger partial charge is 0.385 e. The molecule has 2 aliphatic rings. The van der Waals surface area contributed by atoms with Crippen molar-refractivity contribution in [2.24, 2.45) is 5.92 Å². The van der Waals surface area contributed by atoms with E-state index in [1.807, 2.05) is 31.3 Å². The molecular weight excluding hydrogens is 481 g/mol. The Morgan fingerprint density at radius 1 is 1.31 bits per heavy atom. The van der Waals surface area contributed by atoms with Crippen molar-refractivity contribution in [3.05, 3.63) is 34.9 Å². The van der Waals surface area contributed by atoms with Crippen molar-refractivity contribution in [3.63, 3.8) is 0 Å². The van der Waals surface area contributed by atoms with Gasteiger partial charge in [-0.1, -0.05) is 43.0 Å². The Morgan fingerprint density at radius 2 is 2.08 bits per heavy atom. The Kier molecular flexibility index (Phi) is 11.3. The van der Waals surface area contributed by atoms with Gasteiger partial charge in [-0.3, -0.25) is 0 Å². The highest BCUT2D eigenvalue weighted by Crippen LogP contribution is 2.40. The molecular formula is C28H45ClFN3O3. The molecule has 204 valence electrons. The van der Waals surface area contributed by atoms with Gasteiger partial charge in [-0.2, -0.15) is 0 Å². The highest BCUT2D eigenvalue weighted by molar-refractivity contribution is 6.30. The van der Waals surface area contributed by atoms with Crippen LogP contribution in [0.4, 0.5) is 9.18 Å². The number of unbranched alkanes of at least 4 members (excludes halogenated alkanes) is 1. The number of benzene rings is 1. The van der Waals surface area contributed by atoms with E-state index >= 15 is 4.39 Å². The summed E-state index contributed by atoms with van der Waals surface area (Å²) in [6.07, 6.45) is 8.27. The summed E-state index contributed by atoms with van der Waals surface area (Å²) in [5.74, 6) is -0.119. The summed E-state index contributed by atoms with van der Waals surface area (Å²) in [5.41, 5.74) is -1.50. The molecule has 0 aromatic heterocycles. The van der Waals surface area contributed by atoms with Crippen LogP contribution >= 0.6 is 11.6 Å². The Morgan fingerprint density at radius 3 is 2.78 bits per heavy atom. The van der Waals surface area contributed by atoms with E-state index in [1.165, 1.54) is 0 Å². The van der Waals surface area contributed by atoms with Crippen LogP contribution in [0.3, 0.4) is 0 Å². The number of likely N-dealkylation sites (tertiary alicyclic amines) is 1. The van der Waals surface area contributed by atoms with E-state index in [0.29, 0.717) is 56.9 Å². The van der Waals surface area contributed by atoms with Crippen LogP contribution < -0.4 is 10.6 Å². The molecule has 2 amide bonds. The third kappa shape index (κ3) is 8.04. The van der Waals surface area contributed by atoms with Crippen LogP contribution in [0.15, 0.2) is 24.3 Å². The van der Waals surface area contributed by atoms with Crippen molar-refractivity contribution in [3.8, 4) is 0 Å². The number of hydrogen-bond acceptors (Lipinski definition) is 4. The molecule has 1 saturated heterocycles. The number of carbonyl (C=O) groups excluding carboxylic acids is 1. The molecule has 36 heavy (non-hydrogen) atoms. The number of nitrogens with one attached hydrogen (secondary N) is 2. The number of amides is 2. The van der Waals surface area contributed by atoms with Crippen LogP contribution in [0.2, 0.25) is 5.02 Å². The van der Waals surface area contributed by atoms with Gasteiger partial charge in [0.2, 0.25) is 0 Å². The summed E-state index contributed by atoms with van der Waals surface area (Å²) < 4.78 is 20.6. The number of halogens is 2. The fourth-order valence-electron chi connectivity index (χ4n) is 6.05. The molecule has 8 heteroatoms. The van der Waals surface area contributed by atoms with Gasteiger partial charge in [0.25, 0.3) is 0 Å². The number of aliphatic hydroxyl groups is 1. The summed E-state index contributed by atoms with van der Waals surface area (Å²) >= 11 is 6.29. The van der Waals surface area contributed by atoms with E-state index in [-0.39, 0.29) is 18.0 Å². The van der Waals surface area contributed by atoms with Crippen molar-refractivity contribution >= 4 is 17.6 Å². The average Bonchev–Trinajstić information content (AvgIpc) is 2.87. The quantitative estimate of drug-likeness (QED) is 0.319. The number of hydrogen-bond donors (Lipinski definition) is 3. The summed E-state index contributed by atoms with van der Waals surface area (Å²) in [5, 5.41) is 18.8. The minimum absolute atomic E-state index is 0.119. The van der Waals surface area contributed by atoms with Crippen molar-refractivity contribution in [2.75, 3.05) is 40.4 Å². The van der Waals surface area contributed by atoms with Crippen molar-refractivity contribution in [1.82, 2.24) is 15.5 Å². The first-order chi connectivity index (χ1) is 17.3. The lowest BCUT2D eigenvalue weighted by molar-refractivity contribution is -0.0564. The highest BCUT2D eigenvalue weighted by Gasteiger charge is 2.42. The SMILES string of the molecule is CNCC(CC1(F)CCCCC1)NC(=O)N1CCCC(C(O)(CCCCOC)c2cccc(Cl)c2)C1. The molecule has 1 aromatic carbocycles. The standard InChI is InChI=1S/C28H45ClFN3O3/c1-31-20-25(19-27(30)13-4-3-5-14-27)32-26(34)33-16-9-11-23(21-33)28(35,15-6-7-17-36-2)22-10-8-12-24(29)18-22/h8,10,12,18,23,25,31,35H,3-7,9,11,13-17,19-21H2,1-2H3,(H,32,34). The molecule has 3 atom stereocenters. The normalized spacial score (nSPS) is 22.6. The number of methoxy groups -OCH3 is 1. The predicted molar refractivity (Wildman–Crippen MR) is 143 cm³/mol. The number of likely N-dealkylation sites (N-methyl/N-ethyl adjacent to an activating group) is 1. The van der Waals surface area contributed by atoms with E-state index in [9.17, 15) is 9.90 Å². The van der Waals surface area contributed by atoms with Crippen molar-refractivity contribution in [1.29, 1.82) is 0 Å². The summed E-state index contributed by atoms with van der Waals surface area (Å²) in [4.78, 5) is 15.1. The van der Waals surface area contributed by atoms with Crippen LogP contribution in [0.1, 0.15) is 76.2 Å². The lowest BCUT2D eigenvalue weighted by Crippen LogP contribution is -2.54. The minimum atomic E-state index is -1.20. The lowest BCUT2D eigenvalue weighted by Gasteiger charge is -2.43. The van der Waals surface area contributed by atoms with Crippen LogP contribution in [0.25, 0.3) is 0 Å². The molecule has 6 nitrogen and oxygen atoms in total. The Bertz CT molecular complexity index is 823. The number of nitrogens with zero attached hydrogens (tertiary/aromatic N) is 1.